The molecule has 3 heteroatoms. The monoisotopic (exact) mass is 157 g/mol. The van der Waals surface area contributed by atoms with Gasteiger partial charge in [0.2, 0.25) is 0 Å². The molecular formula is C7H13N2S. The summed E-state index contributed by atoms with van der Waals surface area (Å²) < 4.78 is 0. The summed E-state index contributed by atoms with van der Waals surface area (Å²) in [5.41, 5.74) is 0. The molecule has 0 aromatic rings. The smallest absolute Gasteiger partial charge is 0.0574 e. The summed E-state index contributed by atoms with van der Waals surface area (Å²) >= 11 is 2.07. The van der Waals surface area contributed by atoms with Crippen LogP contribution in [0.2, 0.25) is 0 Å². The van der Waals surface area contributed by atoms with E-state index in [1.54, 1.807) is 0 Å². The van der Waals surface area contributed by atoms with Crippen LogP contribution in [0.15, 0.2) is 0 Å². The molecule has 2 rings (SSSR count). The zero-order chi connectivity index (χ0) is 6.81. The summed E-state index contributed by atoms with van der Waals surface area (Å²) in [4.78, 5) is 0. The number of hydrogen-bond donors (Lipinski definition) is 1. The third kappa shape index (κ3) is 1.31. The number of thioether (sulfide) groups is 1. The second-order valence-corrected chi connectivity index (χ2v) is 4.17. The predicted octanol–water partition coefficient (Wildman–Crippen LogP) is 0.273. The van der Waals surface area contributed by atoms with Gasteiger partial charge in [0, 0.05) is 25.4 Å². The van der Waals surface area contributed by atoms with Gasteiger partial charge < -0.3 is 5.32 Å². The van der Waals surface area contributed by atoms with Crippen molar-refractivity contribution in [2.45, 2.75) is 11.8 Å². The van der Waals surface area contributed by atoms with Crippen LogP contribution in [0, 0.1) is 5.92 Å². The van der Waals surface area contributed by atoms with E-state index in [1.807, 2.05) is 0 Å². The molecule has 2 nitrogen and oxygen atoms in total. The summed E-state index contributed by atoms with van der Waals surface area (Å²) in [7, 11) is 0. The molecular weight excluding hydrogens is 144 g/mol. The Balaban J connectivity index is 1.85. The molecule has 2 saturated heterocycles. The number of nitrogens with one attached hydrogen (secondary N) is 1. The first-order chi connectivity index (χ1) is 4.97. The molecule has 0 amide bonds. The molecule has 2 fully saturated rings. The SMILES string of the molecule is C1CC(C2NCCS2)C[N]1. The Bertz CT molecular complexity index is 92.2. The minimum atomic E-state index is 0.728. The Labute approximate surface area is 66.1 Å². The van der Waals surface area contributed by atoms with E-state index in [1.165, 1.54) is 18.7 Å². The maximum Gasteiger partial charge on any atom is 0.0574 e. The summed E-state index contributed by atoms with van der Waals surface area (Å²) in [6.07, 6.45) is 1.31. The zero-order valence-electron chi connectivity index (χ0n) is 6.05. The summed E-state index contributed by atoms with van der Waals surface area (Å²) in [6, 6.07) is 0. The fourth-order valence-corrected chi connectivity index (χ4v) is 2.82. The second kappa shape index (κ2) is 3.11. The highest BCUT2D eigenvalue weighted by molar-refractivity contribution is 8.00. The van der Waals surface area contributed by atoms with Gasteiger partial charge in [0.15, 0.2) is 0 Å². The van der Waals surface area contributed by atoms with Crippen molar-refractivity contribution in [3.63, 3.8) is 0 Å². The number of hydrogen-bond acceptors (Lipinski definition) is 2. The lowest BCUT2D eigenvalue weighted by molar-refractivity contribution is 0.502. The van der Waals surface area contributed by atoms with Gasteiger partial charge in [0.05, 0.1) is 5.37 Å². The van der Waals surface area contributed by atoms with Gasteiger partial charge in [-0.25, -0.2) is 5.32 Å². The van der Waals surface area contributed by atoms with Crippen LogP contribution in [0.1, 0.15) is 6.42 Å². The van der Waals surface area contributed by atoms with Crippen molar-refractivity contribution in [1.82, 2.24) is 10.6 Å². The van der Waals surface area contributed by atoms with Gasteiger partial charge in [-0.05, 0) is 12.3 Å². The van der Waals surface area contributed by atoms with Crippen LogP contribution < -0.4 is 10.6 Å². The molecule has 10 heavy (non-hydrogen) atoms. The van der Waals surface area contributed by atoms with Crippen LogP contribution in [-0.2, 0) is 0 Å². The van der Waals surface area contributed by atoms with Crippen LogP contribution in [0.3, 0.4) is 0 Å². The Kier molecular flexibility index (Phi) is 2.16. The van der Waals surface area contributed by atoms with E-state index < -0.39 is 0 Å². The normalized spacial score (nSPS) is 40.8. The first-order valence-electron chi connectivity index (χ1n) is 3.95. The van der Waals surface area contributed by atoms with Crippen molar-refractivity contribution in [2.75, 3.05) is 25.4 Å². The highest BCUT2D eigenvalue weighted by Crippen LogP contribution is 2.25. The van der Waals surface area contributed by atoms with Crippen LogP contribution in [0.4, 0.5) is 0 Å². The lowest BCUT2D eigenvalue weighted by Gasteiger charge is -2.15. The summed E-state index contributed by atoms with van der Waals surface area (Å²) in [5.74, 6) is 2.13. The topological polar surface area (TPSA) is 26.1 Å². The van der Waals surface area contributed by atoms with E-state index in [0.29, 0.717) is 0 Å². The fraction of sp³-hybridized carbons (Fsp3) is 1.00. The van der Waals surface area contributed by atoms with E-state index in [-0.39, 0.29) is 0 Å². The van der Waals surface area contributed by atoms with E-state index in [9.17, 15) is 0 Å². The van der Waals surface area contributed by atoms with Crippen molar-refractivity contribution in [1.29, 1.82) is 0 Å². The predicted molar refractivity (Wildman–Crippen MR) is 44.2 cm³/mol. The molecule has 1 N–H and O–H groups in total. The van der Waals surface area contributed by atoms with Crippen molar-refractivity contribution in [2.24, 2.45) is 5.92 Å². The Morgan fingerprint density at radius 3 is 3.10 bits per heavy atom. The van der Waals surface area contributed by atoms with Crippen molar-refractivity contribution >= 4 is 11.8 Å². The molecule has 57 valence electrons. The highest BCUT2D eigenvalue weighted by Gasteiger charge is 2.27. The van der Waals surface area contributed by atoms with Gasteiger partial charge in [-0.2, -0.15) is 0 Å². The van der Waals surface area contributed by atoms with Gasteiger partial charge in [-0.15, -0.1) is 11.8 Å². The van der Waals surface area contributed by atoms with Gasteiger partial charge in [0.1, 0.15) is 0 Å². The minimum Gasteiger partial charge on any atom is -0.304 e. The van der Waals surface area contributed by atoms with Crippen molar-refractivity contribution in [3.8, 4) is 0 Å². The van der Waals surface area contributed by atoms with E-state index in [0.717, 1.165) is 24.4 Å². The molecule has 2 heterocycles. The van der Waals surface area contributed by atoms with E-state index >= 15 is 0 Å². The molecule has 2 atom stereocenters. The number of nitrogens with zero attached hydrogens (tertiary/aromatic N) is 1. The Morgan fingerprint density at radius 1 is 1.50 bits per heavy atom. The summed E-state index contributed by atoms with van der Waals surface area (Å²) in [6.45, 7) is 3.40. The van der Waals surface area contributed by atoms with Crippen LogP contribution in [-0.4, -0.2) is 30.8 Å². The fourth-order valence-electron chi connectivity index (χ4n) is 1.60. The first-order valence-corrected chi connectivity index (χ1v) is 5.00. The molecule has 1 radical (unpaired) electrons. The van der Waals surface area contributed by atoms with Crippen molar-refractivity contribution < 1.29 is 0 Å². The van der Waals surface area contributed by atoms with Crippen LogP contribution in [0.5, 0.6) is 0 Å². The Hall–Kier alpha value is 0.270. The summed E-state index contributed by atoms with van der Waals surface area (Å²) in [5, 5.41) is 8.59. The minimum absolute atomic E-state index is 0.728. The molecule has 0 saturated carbocycles. The average Bonchev–Trinajstić information content (AvgIpc) is 2.59. The molecule has 2 unspecified atom stereocenters. The van der Waals surface area contributed by atoms with Gasteiger partial charge in [0.25, 0.3) is 0 Å². The zero-order valence-corrected chi connectivity index (χ0v) is 6.86. The second-order valence-electron chi connectivity index (χ2n) is 2.92. The highest BCUT2D eigenvalue weighted by atomic mass is 32.2. The standard InChI is InChI=1S/C7H13N2S/c1-2-8-5-6(1)7-9-3-4-10-7/h6-7,9H,1-5H2. The molecule has 2 aliphatic rings. The lowest BCUT2D eigenvalue weighted by atomic mass is 10.1. The molecule has 2 aliphatic heterocycles. The maximum atomic E-state index is 4.36. The average molecular weight is 157 g/mol. The van der Waals surface area contributed by atoms with Gasteiger partial charge in [-0.1, -0.05) is 0 Å². The first kappa shape index (κ1) is 6.95. The maximum absolute atomic E-state index is 4.36. The van der Waals surface area contributed by atoms with E-state index in [2.05, 4.69) is 22.4 Å². The quantitative estimate of drug-likeness (QED) is 0.591. The molecule has 0 aromatic heterocycles. The van der Waals surface area contributed by atoms with E-state index in [4.69, 9.17) is 0 Å². The molecule has 0 aromatic carbocycles. The molecule has 0 spiro atoms. The van der Waals surface area contributed by atoms with Gasteiger partial charge in [-0.3, -0.25) is 0 Å². The van der Waals surface area contributed by atoms with Crippen LogP contribution >= 0.6 is 11.8 Å². The molecule has 0 aliphatic carbocycles. The van der Waals surface area contributed by atoms with Crippen LogP contribution in [0.25, 0.3) is 0 Å². The third-order valence-corrected chi connectivity index (χ3v) is 3.55. The largest absolute Gasteiger partial charge is 0.304 e. The van der Waals surface area contributed by atoms with Gasteiger partial charge >= 0.3 is 0 Å². The number of rotatable bonds is 1. The Morgan fingerprint density at radius 2 is 2.50 bits per heavy atom. The third-order valence-electron chi connectivity index (χ3n) is 2.19. The lowest BCUT2D eigenvalue weighted by Crippen LogP contribution is -2.29. The molecule has 0 bridgehead atoms. The van der Waals surface area contributed by atoms with Crippen molar-refractivity contribution in [3.05, 3.63) is 0 Å².